The van der Waals surface area contributed by atoms with Gasteiger partial charge in [-0.15, -0.1) is 0 Å². The van der Waals surface area contributed by atoms with Gasteiger partial charge in [0.1, 0.15) is 0 Å². The molecule has 7 heteroatoms. The smallest absolute Gasteiger partial charge is 0.406 e. The van der Waals surface area contributed by atoms with E-state index < -0.39 is 12.0 Å². The molecule has 0 aliphatic heterocycles. The summed E-state index contributed by atoms with van der Waals surface area (Å²) in [7, 11) is 2.68. The van der Waals surface area contributed by atoms with E-state index in [0.29, 0.717) is 11.8 Å². The van der Waals surface area contributed by atoms with Crippen molar-refractivity contribution in [2.75, 3.05) is 27.3 Å². The summed E-state index contributed by atoms with van der Waals surface area (Å²) in [5.74, 6) is -0.439. The van der Waals surface area contributed by atoms with Crippen molar-refractivity contribution in [3.05, 3.63) is 35.4 Å². The first kappa shape index (κ1) is 15.6. The summed E-state index contributed by atoms with van der Waals surface area (Å²) in [4.78, 5) is 38.8. The molecule has 0 atom stereocenters. The molecule has 7 nitrogen and oxygen atoms in total. The zero-order chi connectivity index (χ0) is 15.0. The molecule has 1 aromatic rings. The number of hydroxylamine groups is 2. The molecule has 0 spiro atoms. The van der Waals surface area contributed by atoms with E-state index >= 15 is 0 Å². The standard InChI is InChI=1S/C13H16N2O5/c1-15(20-8-7-14-13(18)19-2)12(17)11-6-4-3-5-10(11)9-16/h3-6,9H,7-8H2,1-2H3,(H,14,18). The average Bonchev–Trinajstić information content (AvgIpc) is 2.50. The van der Waals surface area contributed by atoms with E-state index in [1.54, 1.807) is 24.3 Å². The Bertz CT molecular complexity index is 489. The van der Waals surface area contributed by atoms with Crippen LogP contribution in [0, 0.1) is 0 Å². The largest absolute Gasteiger partial charge is 0.453 e. The van der Waals surface area contributed by atoms with Crippen LogP contribution in [0.3, 0.4) is 0 Å². The fourth-order valence-corrected chi connectivity index (χ4v) is 1.43. The number of aldehydes is 1. The molecule has 1 aromatic carbocycles. The molecular weight excluding hydrogens is 264 g/mol. The van der Waals surface area contributed by atoms with Gasteiger partial charge in [-0.3, -0.25) is 14.4 Å². The van der Waals surface area contributed by atoms with Gasteiger partial charge < -0.3 is 10.1 Å². The first-order chi connectivity index (χ1) is 9.60. The summed E-state index contributed by atoms with van der Waals surface area (Å²) in [5, 5.41) is 3.42. The quantitative estimate of drug-likeness (QED) is 0.474. The van der Waals surface area contributed by atoms with Crippen LogP contribution in [0.5, 0.6) is 0 Å². The average molecular weight is 280 g/mol. The van der Waals surface area contributed by atoms with Crippen molar-refractivity contribution >= 4 is 18.3 Å². The summed E-state index contributed by atoms with van der Waals surface area (Å²) in [5.41, 5.74) is 0.548. The van der Waals surface area contributed by atoms with Gasteiger partial charge in [0.2, 0.25) is 0 Å². The monoisotopic (exact) mass is 280 g/mol. The second kappa shape index (κ2) is 7.90. The second-order valence-corrected chi connectivity index (χ2v) is 3.76. The van der Waals surface area contributed by atoms with Crippen LogP contribution >= 0.6 is 0 Å². The summed E-state index contributed by atoms with van der Waals surface area (Å²) in [6.45, 7) is 0.292. The van der Waals surface area contributed by atoms with Gasteiger partial charge in [0, 0.05) is 19.2 Å². The minimum Gasteiger partial charge on any atom is -0.453 e. The predicted molar refractivity (Wildman–Crippen MR) is 70.3 cm³/mol. The number of ether oxygens (including phenoxy) is 1. The van der Waals surface area contributed by atoms with Crippen molar-refractivity contribution in [2.45, 2.75) is 0 Å². The Morgan fingerprint density at radius 3 is 2.70 bits per heavy atom. The molecule has 0 bridgehead atoms. The maximum atomic E-state index is 12.0. The summed E-state index contributed by atoms with van der Waals surface area (Å²) in [6.07, 6.45) is 0.0359. The third-order valence-electron chi connectivity index (χ3n) is 2.45. The molecule has 1 N–H and O–H groups in total. The number of methoxy groups -OCH3 is 1. The van der Waals surface area contributed by atoms with Gasteiger partial charge in [-0.25, -0.2) is 9.86 Å². The Morgan fingerprint density at radius 2 is 2.05 bits per heavy atom. The van der Waals surface area contributed by atoms with E-state index in [1.807, 2.05) is 0 Å². The zero-order valence-corrected chi connectivity index (χ0v) is 11.3. The van der Waals surface area contributed by atoms with Crippen molar-refractivity contribution in [1.82, 2.24) is 10.4 Å². The lowest BCUT2D eigenvalue weighted by Gasteiger charge is -2.17. The van der Waals surface area contributed by atoms with E-state index in [4.69, 9.17) is 4.84 Å². The lowest BCUT2D eigenvalue weighted by Crippen LogP contribution is -2.33. The Kier molecular flexibility index (Phi) is 6.18. The number of hydrogen-bond donors (Lipinski definition) is 1. The fraction of sp³-hybridized carbons (Fsp3) is 0.308. The molecule has 0 radical (unpaired) electrons. The van der Waals surface area contributed by atoms with Crippen LogP contribution in [-0.4, -0.2) is 50.7 Å². The van der Waals surface area contributed by atoms with E-state index in [2.05, 4.69) is 10.1 Å². The van der Waals surface area contributed by atoms with Gasteiger partial charge in [0.05, 0.1) is 19.3 Å². The van der Waals surface area contributed by atoms with E-state index in [1.165, 1.54) is 14.2 Å². The van der Waals surface area contributed by atoms with E-state index in [0.717, 1.165) is 5.06 Å². The van der Waals surface area contributed by atoms with Gasteiger partial charge in [-0.05, 0) is 6.07 Å². The summed E-state index contributed by atoms with van der Waals surface area (Å²) >= 11 is 0. The molecule has 0 aliphatic carbocycles. The van der Waals surface area contributed by atoms with Crippen LogP contribution in [0.4, 0.5) is 4.79 Å². The van der Waals surface area contributed by atoms with Gasteiger partial charge in [-0.2, -0.15) is 0 Å². The maximum Gasteiger partial charge on any atom is 0.406 e. The first-order valence-electron chi connectivity index (χ1n) is 5.87. The molecule has 108 valence electrons. The lowest BCUT2D eigenvalue weighted by atomic mass is 10.1. The zero-order valence-electron chi connectivity index (χ0n) is 11.3. The maximum absolute atomic E-state index is 12.0. The number of rotatable bonds is 6. The van der Waals surface area contributed by atoms with Crippen LogP contribution in [0.15, 0.2) is 24.3 Å². The SMILES string of the molecule is COC(=O)NCCON(C)C(=O)c1ccccc1C=O. The Labute approximate surface area is 116 Å². The van der Waals surface area contributed by atoms with Gasteiger partial charge >= 0.3 is 6.09 Å². The third-order valence-corrected chi connectivity index (χ3v) is 2.45. The number of nitrogens with zero attached hydrogens (tertiary/aromatic N) is 1. The molecule has 20 heavy (non-hydrogen) atoms. The predicted octanol–water partition coefficient (Wildman–Crippen LogP) is 0.859. The molecule has 0 fully saturated rings. The Balaban J connectivity index is 2.50. The normalized spacial score (nSPS) is 9.70. The Morgan fingerprint density at radius 1 is 1.35 bits per heavy atom. The summed E-state index contributed by atoms with van der Waals surface area (Å²) < 4.78 is 4.38. The minimum atomic E-state index is -0.575. The number of amides is 2. The molecule has 0 aromatic heterocycles. The molecule has 2 amide bonds. The molecular formula is C13H16N2O5. The summed E-state index contributed by atoms with van der Waals surface area (Å²) in [6, 6.07) is 6.42. The molecule has 0 aliphatic rings. The van der Waals surface area contributed by atoms with Gasteiger partial charge in [0.15, 0.2) is 6.29 Å². The van der Waals surface area contributed by atoms with Crippen LogP contribution in [0.2, 0.25) is 0 Å². The topological polar surface area (TPSA) is 84.9 Å². The van der Waals surface area contributed by atoms with Crippen LogP contribution in [0.1, 0.15) is 20.7 Å². The van der Waals surface area contributed by atoms with Crippen molar-refractivity contribution < 1.29 is 24.0 Å². The number of nitrogens with one attached hydrogen (secondary N) is 1. The van der Waals surface area contributed by atoms with E-state index in [-0.39, 0.29) is 18.7 Å². The third kappa shape index (κ3) is 4.36. The van der Waals surface area contributed by atoms with Gasteiger partial charge in [-0.1, -0.05) is 18.2 Å². The van der Waals surface area contributed by atoms with Gasteiger partial charge in [0.25, 0.3) is 5.91 Å². The minimum absolute atomic E-state index is 0.0978. The number of hydrogen-bond acceptors (Lipinski definition) is 5. The lowest BCUT2D eigenvalue weighted by molar-refractivity contribution is -0.103. The molecule has 0 saturated carbocycles. The van der Waals surface area contributed by atoms with Crippen molar-refractivity contribution in [2.24, 2.45) is 0 Å². The molecule has 1 rings (SSSR count). The van der Waals surface area contributed by atoms with Crippen molar-refractivity contribution in [3.63, 3.8) is 0 Å². The molecule has 0 unspecified atom stereocenters. The fourth-order valence-electron chi connectivity index (χ4n) is 1.43. The molecule has 0 saturated heterocycles. The van der Waals surface area contributed by atoms with Crippen molar-refractivity contribution in [1.29, 1.82) is 0 Å². The highest BCUT2D eigenvalue weighted by Gasteiger charge is 2.15. The number of alkyl carbamates (subject to hydrolysis) is 1. The highest BCUT2D eigenvalue weighted by molar-refractivity contribution is 6.00. The van der Waals surface area contributed by atoms with E-state index in [9.17, 15) is 14.4 Å². The number of benzene rings is 1. The number of carbonyl (C=O) groups is 3. The van der Waals surface area contributed by atoms with Crippen LogP contribution < -0.4 is 5.32 Å². The Hall–Kier alpha value is -2.41. The highest BCUT2D eigenvalue weighted by atomic mass is 16.7. The highest BCUT2D eigenvalue weighted by Crippen LogP contribution is 2.09. The molecule has 0 heterocycles. The van der Waals surface area contributed by atoms with Crippen molar-refractivity contribution in [3.8, 4) is 0 Å². The second-order valence-electron chi connectivity index (χ2n) is 3.76. The number of carbonyl (C=O) groups excluding carboxylic acids is 3. The first-order valence-corrected chi connectivity index (χ1v) is 5.87. The van der Waals surface area contributed by atoms with Crippen LogP contribution in [0.25, 0.3) is 0 Å². The van der Waals surface area contributed by atoms with Crippen LogP contribution in [-0.2, 0) is 9.57 Å².